The van der Waals surface area contributed by atoms with Crippen molar-refractivity contribution in [3.05, 3.63) is 41.6 Å². The maximum atomic E-state index is 4.24. The number of nitrogens with zero attached hydrogens (tertiary/aromatic N) is 1. The zero-order chi connectivity index (χ0) is 17.5. The summed E-state index contributed by atoms with van der Waals surface area (Å²) in [5, 5.41) is 4.84. The molecule has 0 amide bonds. The average molecular weight is 328 g/mol. The molecule has 0 aliphatic carbocycles. The van der Waals surface area contributed by atoms with Crippen molar-refractivity contribution in [2.24, 2.45) is 0 Å². The van der Waals surface area contributed by atoms with E-state index >= 15 is 0 Å². The van der Waals surface area contributed by atoms with Gasteiger partial charge in [0, 0.05) is 35.4 Å². The third kappa shape index (κ3) is 4.41. The van der Waals surface area contributed by atoms with Gasteiger partial charge < -0.3 is 15.2 Å². The normalized spacial score (nSPS) is 11.4. The fourth-order valence-electron chi connectivity index (χ4n) is 3.46. The van der Waals surface area contributed by atoms with Crippen LogP contribution in [0.3, 0.4) is 0 Å². The van der Waals surface area contributed by atoms with Crippen LogP contribution in [0.2, 0.25) is 0 Å². The number of aromatic amines is 1. The highest BCUT2D eigenvalue weighted by atomic mass is 15.1. The second-order valence-corrected chi connectivity index (χ2v) is 6.59. The first-order valence-electron chi connectivity index (χ1n) is 9.37. The van der Waals surface area contributed by atoms with Gasteiger partial charge in [-0.25, -0.2) is 0 Å². The SMILES string of the molecule is C=C(NCCN(CCC)CCC)c1ccc2[nH]c(C)c(CC)c2c1. The molecular formula is C21H33N3. The molecule has 3 heteroatoms. The fraction of sp³-hybridized carbons (Fsp3) is 0.524. The Hall–Kier alpha value is -1.74. The molecule has 2 rings (SSSR count). The molecule has 0 spiro atoms. The molecule has 0 atom stereocenters. The lowest BCUT2D eigenvalue weighted by molar-refractivity contribution is 0.278. The Morgan fingerprint density at radius 2 is 1.83 bits per heavy atom. The van der Waals surface area contributed by atoms with Gasteiger partial charge in [0.05, 0.1) is 0 Å². The van der Waals surface area contributed by atoms with E-state index in [1.807, 2.05) is 0 Å². The number of hydrogen-bond donors (Lipinski definition) is 2. The second-order valence-electron chi connectivity index (χ2n) is 6.59. The summed E-state index contributed by atoms with van der Waals surface area (Å²) in [4.78, 5) is 6.00. The van der Waals surface area contributed by atoms with E-state index in [0.29, 0.717) is 0 Å². The molecule has 3 nitrogen and oxygen atoms in total. The molecular weight excluding hydrogens is 294 g/mol. The van der Waals surface area contributed by atoms with Crippen LogP contribution in [-0.4, -0.2) is 36.1 Å². The molecule has 0 saturated heterocycles. The first-order chi connectivity index (χ1) is 11.6. The summed E-state index contributed by atoms with van der Waals surface area (Å²) in [6.07, 6.45) is 3.48. The van der Waals surface area contributed by atoms with Crippen LogP contribution in [0.1, 0.15) is 50.4 Å². The largest absolute Gasteiger partial charge is 0.384 e. The lowest BCUT2D eigenvalue weighted by Crippen LogP contribution is -2.32. The van der Waals surface area contributed by atoms with E-state index in [2.05, 4.69) is 67.7 Å². The van der Waals surface area contributed by atoms with Crippen LogP contribution in [-0.2, 0) is 6.42 Å². The third-order valence-electron chi connectivity index (χ3n) is 4.67. The van der Waals surface area contributed by atoms with Crippen LogP contribution in [0.4, 0.5) is 0 Å². The molecule has 1 heterocycles. The van der Waals surface area contributed by atoms with Crippen molar-refractivity contribution in [2.75, 3.05) is 26.2 Å². The molecule has 0 unspecified atom stereocenters. The van der Waals surface area contributed by atoms with Crippen molar-refractivity contribution < 1.29 is 0 Å². The van der Waals surface area contributed by atoms with Gasteiger partial charge in [-0.15, -0.1) is 0 Å². The van der Waals surface area contributed by atoms with Crippen molar-refractivity contribution in [1.82, 2.24) is 15.2 Å². The van der Waals surface area contributed by atoms with Crippen molar-refractivity contribution in [3.8, 4) is 0 Å². The van der Waals surface area contributed by atoms with Gasteiger partial charge in [0.25, 0.3) is 0 Å². The summed E-state index contributed by atoms with van der Waals surface area (Å²) in [5.74, 6) is 0. The highest BCUT2D eigenvalue weighted by molar-refractivity contribution is 5.87. The van der Waals surface area contributed by atoms with Gasteiger partial charge in [0.2, 0.25) is 0 Å². The van der Waals surface area contributed by atoms with Crippen molar-refractivity contribution in [2.45, 2.75) is 47.0 Å². The van der Waals surface area contributed by atoms with Crippen LogP contribution in [0, 0.1) is 6.92 Å². The van der Waals surface area contributed by atoms with E-state index < -0.39 is 0 Å². The number of hydrogen-bond acceptors (Lipinski definition) is 2. The van der Waals surface area contributed by atoms with Crippen LogP contribution in [0.5, 0.6) is 0 Å². The monoisotopic (exact) mass is 327 g/mol. The van der Waals surface area contributed by atoms with Crippen LogP contribution < -0.4 is 5.32 Å². The predicted octanol–water partition coefficient (Wildman–Crippen LogP) is 4.72. The zero-order valence-electron chi connectivity index (χ0n) is 15.8. The summed E-state index contributed by atoms with van der Waals surface area (Å²) in [7, 11) is 0. The molecule has 0 aliphatic heterocycles. The Bertz CT molecular complexity index is 663. The van der Waals surface area contributed by atoms with Crippen LogP contribution in [0.25, 0.3) is 16.6 Å². The van der Waals surface area contributed by atoms with Gasteiger partial charge in [0.15, 0.2) is 0 Å². The minimum absolute atomic E-state index is 0.948. The maximum absolute atomic E-state index is 4.24. The number of H-pyrrole nitrogens is 1. The quantitative estimate of drug-likeness (QED) is 0.661. The Morgan fingerprint density at radius 3 is 2.46 bits per heavy atom. The summed E-state index contributed by atoms with van der Waals surface area (Å²) in [6, 6.07) is 6.59. The molecule has 0 aliphatic rings. The van der Waals surface area contributed by atoms with Gasteiger partial charge in [-0.05, 0) is 62.5 Å². The van der Waals surface area contributed by atoms with Gasteiger partial charge >= 0.3 is 0 Å². The molecule has 1 aromatic carbocycles. The third-order valence-corrected chi connectivity index (χ3v) is 4.67. The van der Waals surface area contributed by atoms with Gasteiger partial charge in [-0.2, -0.15) is 0 Å². The molecule has 2 N–H and O–H groups in total. The minimum atomic E-state index is 0.948. The fourth-order valence-corrected chi connectivity index (χ4v) is 3.46. The number of benzene rings is 1. The van der Waals surface area contributed by atoms with E-state index in [1.165, 1.54) is 53.7 Å². The van der Waals surface area contributed by atoms with Crippen molar-refractivity contribution >= 4 is 16.6 Å². The molecule has 0 radical (unpaired) electrons. The Kier molecular flexibility index (Phi) is 6.92. The standard InChI is InChI=1S/C21H33N3/c1-6-12-24(13-7-2)14-11-22-16(4)18-9-10-21-20(15-18)19(8-3)17(5)23-21/h9-10,15,22-23H,4,6-8,11-14H2,1-3,5H3. The summed E-state index contributed by atoms with van der Waals surface area (Å²) >= 11 is 0. The van der Waals surface area contributed by atoms with Gasteiger partial charge in [-0.1, -0.05) is 33.4 Å². The van der Waals surface area contributed by atoms with E-state index in [-0.39, 0.29) is 0 Å². The number of fused-ring (bicyclic) bond motifs is 1. The first-order valence-corrected chi connectivity index (χ1v) is 9.37. The lowest BCUT2D eigenvalue weighted by Gasteiger charge is -2.21. The van der Waals surface area contributed by atoms with E-state index in [4.69, 9.17) is 0 Å². The van der Waals surface area contributed by atoms with E-state index in [1.54, 1.807) is 0 Å². The maximum Gasteiger partial charge on any atom is 0.0459 e. The molecule has 132 valence electrons. The smallest absolute Gasteiger partial charge is 0.0459 e. The number of nitrogens with one attached hydrogen (secondary N) is 2. The lowest BCUT2D eigenvalue weighted by atomic mass is 10.0. The summed E-state index contributed by atoms with van der Waals surface area (Å²) < 4.78 is 0. The minimum Gasteiger partial charge on any atom is -0.384 e. The molecule has 0 bridgehead atoms. The van der Waals surface area contributed by atoms with E-state index in [9.17, 15) is 0 Å². The first kappa shape index (κ1) is 18.6. The number of rotatable bonds is 10. The summed E-state index contributed by atoms with van der Waals surface area (Å²) in [5.41, 5.74) is 6.12. The van der Waals surface area contributed by atoms with E-state index in [0.717, 1.165) is 25.2 Å². The molecule has 0 fully saturated rings. The second kappa shape index (κ2) is 8.93. The Labute approximate surface area is 147 Å². The Balaban J connectivity index is 2.00. The molecule has 2 aromatic rings. The topological polar surface area (TPSA) is 31.1 Å². The Morgan fingerprint density at radius 1 is 1.12 bits per heavy atom. The summed E-state index contributed by atoms with van der Waals surface area (Å²) in [6.45, 7) is 17.5. The highest BCUT2D eigenvalue weighted by Crippen LogP contribution is 2.25. The highest BCUT2D eigenvalue weighted by Gasteiger charge is 2.09. The number of aryl methyl sites for hydroxylation is 2. The molecule has 0 saturated carbocycles. The zero-order valence-corrected chi connectivity index (χ0v) is 15.8. The van der Waals surface area contributed by atoms with Gasteiger partial charge in [-0.3, -0.25) is 0 Å². The predicted molar refractivity (Wildman–Crippen MR) is 106 cm³/mol. The van der Waals surface area contributed by atoms with Crippen molar-refractivity contribution in [1.29, 1.82) is 0 Å². The van der Waals surface area contributed by atoms with Gasteiger partial charge in [0.1, 0.15) is 0 Å². The molecule has 1 aromatic heterocycles. The van der Waals surface area contributed by atoms with Crippen LogP contribution in [0.15, 0.2) is 24.8 Å². The van der Waals surface area contributed by atoms with Crippen molar-refractivity contribution in [3.63, 3.8) is 0 Å². The number of aromatic nitrogens is 1. The van der Waals surface area contributed by atoms with Crippen LogP contribution >= 0.6 is 0 Å². The molecule has 24 heavy (non-hydrogen) atoms. The average Bonchev–Trinajstić information content (AvgIpc) is 2.89.